The fourth-order valence-electron chi connectivity index (χ4n) is 3.57. The van der Waals surface area contributed by atoms with Gasteiger partial charge in [0.25, 0.3) is 0 Å². The van der Waals surface area contributed by atoms with Gasteiger partial charge in [-0.1, -0.05) is 6.42 Å². The molecule has 2 atom stereocenters. The van der Waals surface area contributed by atoms with Gasteiger partial charge in [-0.2, -0.15) is 0 Å². The third-order valence-corrected chi connectivity index (χ3v) is 5.46. The average Bonchev–Trinajstić information content (AvgIpc) is 2.42. The molecule has 2 fully saturated rings. The minimum atomic E-state index is 0.511. The first-order valence-corrected chi connectivity index (χ1v) is 8.15. The van der Waals surface area contributed by atoms with Crippen LogP contribution in [0.4, 0.5) is 11.6 Å². The maximum absolute atomic E-state index is 4.37. The van der Waals surface area contributed by atoms with E-state index in [9.17, 15) is 0 Å². The second-order valence-corrected chi connectivity index (χ2v) is 6.64. The van der Waals surface area contributed by atoms with Gasteiger partial charge < -0.3 is 15.5 Å². The summed E-state index contributed by atoms with van der Waals surface area (Å²) < 4.78 is 0.923. The van der Waals surface area contributed by atoms with Crippen LogP contribution in [0.1, 0.15) is 32.1 Å². The van der Waals surface area contributed by atoms with Gasteiger partial charge in [0.2, 0.25) is 0 Å². The van der Waals surface area contributed by atoms with E-state index >= 15 is 0 Å². The molecule has 0 saturated carbocycles. The van der Waals surface area contributed by atoms with Crippen molar-refractivity contribution in [2.75, 3.05) is 24.7 Å². The van der Waals surface area contributed by atoms with Crippen LogP contribution in [0.25, 0.3) is 0 Å². The summed E-state index contributed by atoms with van der Waals surface area (Å²) in [7, 11) is 4.15. The number of fused-ring (bicyclic) bond motifs is 2. The second-order valence-electron chi connectivity index (χ2n) is 5.85. The Morgan fingerprint density at radius 3 is 2.50 bits per heavy atom. The summed E-state index contributed by atoms with van der Waals surface area (Å²) in [6.45, 7) is 0. The number of nitrogens with one attached hydrogen (secondary N) is 2. The summed E-state index contributed by atoms with van der Waals surface area (Å²) >= 11 is 3.58. The van der Waals surface area contributed by atoms with Crippen LogP contribution in [0.2, 0.25) is 0 Å². The third kappa shape index (κ3) is 2.63. The Morgan fingerprint density at radius 2 is 1.85 bits per heavy atom. The lowest BCUT2D eigenvalue weighted by molar-refractivity contribution is 0.0608. The summed E-state index contributed by atoms with van der Waals surface area (Å²) in [5.74, 6) is 1.73. The SMILES string of the molecule is CNc1ncnc(NC2CC3CCCC(C2)N3C)c1Br. The Bertz CT molecular complexity index is 467. The number of hydrogen-bond donors (Lipinski definition) is 2. The van der Waals surface area contributed by atoms with E-state index < -0.39 is 0 Å². The molecular weight excluding hydrogens is 318 g/mol. The van der Waals surface area contributed by atoms with Crippen LogP contribution in [0.3, 0.4) is 0 Å². The van der Waals surface area contributed by atoms with Gasteiger partial charge in [0.1, 0.15) is 22.4 Å². The molecule has 2 aliphatic rings. The number of aromatic nitrogens is 2. The predicted octanol–water partition coefficient (Wildman–Crippen LogP) is 2.71. The highest BCUT2D eigenvalue weighted by atomic mass is 79.9. The van der Waals surface area contributed by atoms with Gasteiger partial charge in [-0.3, -0.25) is 0 Å². The molecule has 2 bridgehead atoms. The fourth-order valence-corrected chi connectivity index (χ4v) is 4.09. The topological polar surface area (TPSA) is 53.1 Å². The maximum atomic E-state index is 4.37. The zero-order chi connectivity index (χ0) is 14.1. The molecule has 0 radical (unpaired) electrons. The Balaban J connectivity index is 1.73. The number of rotatable bonds is 3. The Labute approximate surface area is 128 Å². The number of hydrogen-bond acceptors (Lipinski definition) is 5. The standard InChI is InChI=1S/C14H22BrN5/c1-16-13-12(15)14(18-8-17-13)19-9-6-10-4-3-5-11(7-9)20(10)2/h8-11H,3-7H2,1-2H3,(H2,16,17,18,19). The molecule has 2 saturated heterocycles. The third-order valence-electron chi connectivity index (χ3n) is 4.71. The molecule has 0 aromatic carbocycles. The molecular formula is C14H22BrN5. The lowest BCUT2D eigenvalue weighted by Crippen LogP contribution is -2.52. The van der Waals surface area contributed by atoms with Crippen molar-refractivity contribution in [1.82, 2.24) is 14.9 Å². The molecule has 0 amide bonds. The maximum Gasteiger partial charge on any atom is 0.146 e. The van der Waals surface area contributed by atoms with E-state index in [1.165, 1.54) is 32.1 Å². The van der Waals surface area contributed by atoms with Crippen LogP contribution in [-0.2, 0) is 0 Å². The van der Waals surface area contributed by atoms with E-state index in [2.05, 4.69) is 48.5 Å². The van der Waals surface area contributed by atoms with Crippen molar-refractivity contribution >= 4 is 27.6 Å². The summed E-state index contributed by atoms with van der Waals surface area (Å²) in [5, 5.41) is 6.68. The van der Waals surface area contributed by atoms with E-state index in [-0.39, 0.29) is 0 Å². The van der Waals surface area contributed by atoms with Gasteiger partial charge in [-0.25, -0.2) is 9.97 Å². The second kappa shape index (κ2) is 5.85. The van der Waals surface area contributed by atoms with Gasteiger partial charge >= 0.3 is 0 Å². The molecule has 2 unspecified atom stereocenters. The largest absolute Gasteiger partial charge is 0.372 e. The Morgan fingerprint density at radius 1 is 1.20 bits per heavy atom. The number of anilines is 2. The van der Waals surface area contributed by atoms with Crippen molar-refractivity contribution in [3.05, 3.63) is 10.8 Å². The van der Waals surface area contributed by atoms with Crippen molar-refractivity contribution in [2.24, 2.45) is 0 Å². The smallest absolute Gasteiger partial charge is 0.146 e. The van der Waals surface area contributed by atoms with Gasteiger partial charge in [0.15, 0.2) is 0 Å². The monoisotopic (exact) mass is 339 g/mol. The lowest BCUT2D eigenvalue weighted by atomic mass is 9.82. The van der Waals surface area contributed by atoms with Gasteiger partial charge in [-0.15, -0.1) is 0 Å². The van der Waals surface area contributed by atoms with Crippen molar-refractivity contribution in [3.8, 4) is 0 Å². The van der Waals surface area contributed by atoms with E-state index in [0.29, 0.717) is 6.04 Å². The Kier molecular flexibility index (Phi) is 4.12. The van der Waals surface area contributed by atoms with Crippen molar-refractivity contribution in [2.45, 2.75) is 50.2 Å². The van der Waals surface area contributed by atoms with E-state index in [1.807, 2.05) is 7.05 Å². The predicted molar refractivity (Wildman–Crippen MR) is 85.1 cm³/mol. The van der Waals surface area contributed by atoms with Crippen molar-refractivity contribution in [3.63, 3.8) is 0 Å². The quantitative estimate of drug-likeness (QED) is 0.886. The highest BCUT2D eigenvalue weighted by Crippen LogP contribution is 2.35. The molecule has 3 heterocycles. The first kappa shape index (κ1) is 14.1. The highest BCUT2D eigenvalue weighted by Gasteiger charge is 2.36. The minimum Gasteiger partial charge on any atom is -0.372 e. The normalized spacial score (nSPS) is 30.1. The van der Waals surface area contributed by atoms with Gasteiger partial charge in [0, 0.05) is 25.2 Å². The molecule has 6 heteroatoms. The van der Waals surface area contributed by atoms with Crippen LogP contribution in [0.5, 0.6) is 0 Å². The zero-order valence-electron chi connectivity index (χ0n) is 12.1. The van der Waals surface area contributed by atoms with Crippen LogP contribution in [0.15, 0.2) is 10.8 Å². The molecule has 0 spiro atoms. The van der Waals surface area contributed by atoms with E-state index in [4.69, 9.17) is 0 Å². The number of piperidine rings is 2. The van der Waals surface area contributed by atoms with Gasteiger partial charge in [0.05, 0.1) is 0 Å². The van der Waals surface area contributed by atoms with E-state index in [1.54, 1.807) is 6.33 Å². The zero-order valence-corrected chi connectivity index (χ0v) is 13.7. The van der Waals surface area contributed by atoms with Crippen LogP contribution < -0.4 is 10.6 Å². The summed E-state index contributed by atoms with van der Waals surface area (Å²) in [6.07, 6.45) is 8.06. The van der Waals surface area contributed by atoms with Crippen molar-refractivity contribution < 1.29 is 0 Å². The molecule has 1 aromatic rings. The molecule has 0 aliphatic carbocycles. The molecule has 110 valence electrons. The minimum absolute atomic E-state index is 0.511. The number of halogens is 1. The summed E-state index contributed by atoms with van der Waals surface area (Å²) in [6, 6.07) is 1.96. The fraction of sp³-hybridized carbons (Fsp3) is 0.714. The van der Waals surface area contributed by atoms with Crippen LogP contribution in [-0.4, -0.2) is 47.1 Å². The number of nitrogens with zero attached hydrogens (tertiary/aromatic N) is 3. The highest BCUT2D eigenvalue weighted by molar-refractivity contribution is 9.10. The molecule has 2 aliphatic heterocycles. The molecule has 1 aromatic heterocycles. The lowest BCUT2D eigenvalue weighted by Gasteiger charge is -2.47. The first-order valence-electron chi connectivity index (χ1n) is 7.35. The van der Waals surface area contributed by atoms with Crippen LogP contribution in [0, 0.1) is 0 Å². The molecule has 2 N–H and O–H groups in total. The van der Waals surface area contributed by atoms with E-state index in [0.717, 1.165) is 28.2 Å². The summed E-state index contributed by atoms with van der Waals surface area (Å²) in [5.41, 5.74) is 0. The summed E-state index contributed by atoms with van der Waals surface area (Å²) in [4.78, 5) is 11.2. The molecule has 5 nitrogen and oxygen atoms in total. The average molecular weight is 340 g/mol. The van der Waals surface area contributed by atoms with Gasteiger partial charge in [-0.05, 0) is 48.7 Å². The van der Waals surface area contributed by atoms with Crippen molar-refractivity contribution in [1.29, 1.82) is 0 Å². The molecule has 3 rings (SSSR count). The Hall–Kier alpha value is -0.880. The molecule has 20 heavy (non-hydrogen) atoms. The van der Waals surface area contributed by atoms with Crippen LogP contribution >= 0.6 is 15.9 Å². The first-order chi connectivity index (χ1) is 9.69.